The van der Waals surface area contributed by atoms with Crippen molar-refractivity contribution in [1.29, 1.82) is 0 Å². The maximum absolute atomic E-state index is 12.9. The number of thioether (sulfide) groups is 1. The minimum atomic E-state index is -0.426. The zero-order valence-corrected chi connectivity index (χ0v) is 17.4. The van der Waals surface area contributed by atoms with Crippen LogP contribution in [0.4, 0.5) is 5.69 Å². The molecule has 150 valence electrons. The van der Waals surface area contributed by atoms with Gasteiger partial charge in [-0.05, 0) is 36.3 Å². The highest BCUT2D eigenvalue weighted by molar-refractivity contribution is 8.26. The fourth-order valence-corrected chi connectivity index (χ4v) is 4.51. The van der Waals surface area contributed by atoms with Crippen molar-refractivity contribution in [2.75, 3.05) is 6.54 Å². The number of nitrogens with zero attached hydrogens (tertiary/aromatic N) is 3. The molecule has 0 N–H and O–H groups in total. The molecule has 0 saturated carbocycles. The Morgan fingerprint density at radius 3 is 2.63 bits per heavy atom. The lowest BCUT2D eigenvalue weighted by Crippen LogP contribution is -2.30. The molecule has 1 amide bonds. The van der Waals surface area contributed by atoms with Crippen LogP contribution in [0, 0.1) is 10.1 Å². The number of thiocarbonyl (C=S) groups is 1. The molecule has 0 atom stereocenters. The van der Waals surface area contributed by atoms with E-state index in [-0.39, 0.29) is 11.6 Å². The highest BCUT2D eigenvalue weighted by Crippen LogP contribution is 2.33. The van der Waals surface area contributed by atoms with E-state index in [2.05, 4.69) is 0 Å². The summed E-state index contributed by atoms with van der Waals surface area (Å²) < 4.78 is 2.35. The monoisotopic (exact) mass is 435 g/mol. The number of nitro groups is 1. The van der Waals surface area contributed by atoms with Crippen molar-refractivity contribution < 1.29 is 9.72 Å². The second-order valence-corrected chi connectivity index (χ2v) is 8.32. The van der Waals surface area contributed by atoms with Gasteiger partial charge in [0.05, 0.1) is 15.5 Å². The fourth-order valence-electron chi connectivity index (χ4n) is 3.22. The smallest absolute Gasteiger partial charge is 0.271 e. The summed E-state index contributed by atoms with van der Waals surface area (Å²) in [7, 11) is 0. The zero-order valence-electron chi connectivity index (χ0n) is 15.8. The Morgan fingerprint density at radius 2 is 1.87 bits per heavy atom. The van der Waals surface area contributed by atoms with Crippen LogP contribution < -0.4 is 0 Å². The van der Waals surface area contributed by atoms with Gasteiger partial charge in [0.25, 0.3) is 11.6 Å². The Balaban J connectivity index is 1.55. The second-order valence-electron chi connectivity index (χ2n) is 6.65. The summed E-state index contributed by atoms with van der Waals surface area (Å²) in [6.45, 7) is 0.526. The van der Waals surface area contributed by atoms with Gasteiger partial charge in [-0.3, -0.25) is 19.8 Å². The second kappa shape index (κ2) is 8.64. The van der Waals surface area contributed by atoms with Crippen molar-refractivity contribution in [3.8, 4) is 5.69 Å². The first-order valence-corrected chi connectivity index (χ1v) is 10.5. The van der Waals surface area contributed by atoms with E-state index in [1.165, 1.54) is 23.9 Å². The standard InChI is InChI=1S/C22H17N3O3S2/c26-21-20(30-22(29)24(21)13-11-16-6-2-1-3-7-16)15-18-10-5-12-23(18)17-8-4-9-19(14-17)25(27)28/h1-10,12,14-15H,11,13H2/b20-15-. The van der Waals surface area contributed by atoms with E-state index in [0.29, 0.717) is 21.5 Å². The van der Waals surface area contributed by atoms with Crippen LogP contribution in [0.15, 0.2) is 77.8 Å². The number of hydrogen-bond donors (Lipinski definition) is 0. The highest BCUT2D eigenvalue weighted by Gasteiger charge is 2.31. The normalized spacial score (nSPS) is 15.2. The molecule has 0 aliphatic carbocycles. The Bertz CT molecular complexity index is 1160. The largest absolute Gasteiger partial charge is 0.317 e. The van der Waals surface area contributed by atoms with Crippen LogP contribution in [0.25, 0.3) is 11.8 Å². The number of carbonyl (C=O) groups excluding carboxylic acids is 1. The molecule has 6 nitrogen and oxygen atoms in total. The van der Waals surface area contributed by atoms with Gasteiger partial charge in [-0.25, -0.2) is 0 Å². The molecular formula is C22H17N3O3S2. The molecule has 0 bridgehead atoms. The third-order valence-electron chi connectivity index (χ3n) is 4.72. The number of benzene rings is 2. The van der Waals surface area contributed by atoms with Crippen LogP contribution in [0.1, 0.15) is 11.3 Å². The number of carbonyl (C=O) groups is 1. The number of non-ortho nitro benzene ring substituents is 1. The SMILES string of the molecule is O=C1/C(=C/c2cccn2-c2cccc([N+](=O)[O-])c2)SC(=S)N1CCc1ccccc1. The molecule has 3 aromatic rings. The summed E-state index contributed by atoms with van der Waals surface area (Å²) in [5.41, 5.74) is 2.56. The van der Waals surface area contributed by atoms with Crippen molar-refractivity contribution in [3.05, 3.63) is 99.2 Å². The van der Waals surface area contributed by atoms with Gasteiger partial charge in [-0.1, -0.05) is 60.4 Å². The average molecular weight is 436 g/mol. The van der Waals surface area contributed by atoms with Crippen molar-refractivity contribution in [1.82, 2.24) is 9.47 Å². The van der Waals surface area contributed by atoms with Crippen LogP contribution in [0.5, 0.6) is 0 Å². The summed E-state index contributed by atoms with van der Waals surface area (Å²) in [6.07, 6.45) is 4.31. The molecule has 4 rings (SSSR count). The molecule has 30 heavy (non-hydrogen) atoms. The molecule has 1 aliphatic heterocycles. The van der Waals surface area contributed by atoms with Crippen molar-refractivity contribution in [3.63, 3.8) is 0 Å². The number of amides is 1. The van der Waals surface area contributed by atoms with Gasteiger partial charge in [0.2, 0.25) is 0 Å². The molecule has 2 aromatic carbocycles. The molecular weight excluding hydrogens is 418 g/mol. The molecule has 1 fully saturated rings. The van der Waals surface area contributed by atoms with Gasteiger partial charge < -0.3 is 4.57 Å². The minimum Gasteiger partial charge on any atom is -0.317 e. The Kier molecular flexibility index (Phi) is 5.78. The van der Waals surface area contributed by atoms with E-state index in [9.17, 15) is 14.9 Å². The predicted molar refractivity (Wildman–Crippen MR) is 122 cm³/mol. The van der Waals surface area contributed by atoms with Gasteiger partial charge in [-0.2, -0.15) is 0 Å². The molecule has 0 unspecified atom stereocenters. The quantitative estimate of drug-likeness (QED) is 0.240. The lowest BCUT2D eigenvalue weighted by Gasteiger charge is -2.14. The Labute approximate surface area is 183 Å². The fraction of sp³-hybridized carbons (Fsp3) is 0.0909. The molecule has 0 radical (unpaired) electrons. The first-order valence-electron chi connectivity index (χ1n) is 9.24. The summed E-state index contributed by atoms with van der Waals surface area (Å²) >= 11 is 6.70. The molecule has 1 saturated heterocycles. The van der Waals surface area contributed by atoms with E-state index in [4.69, 9.17) is 12.2 Å². The highest BCUT2D eigenvalue weighted by atomic mass is 32.2. The van der Waals surface area contributed by atoms with Gasteiger partial charge >= 0.3 is 0 Å². The van der Waals surface area contributed by atoms with E-state index >= 15 is 0 Å². The van der Waals surface area contributed by atoms with E-state index in [1.54, 1.807) is 29.3 Å². The maximum Gasteiger partial charge on any atom is 0.271 e. The van der Waals surface area contributed by atoms with Gasteiger partial charge in [0.1, 0.15) is 4.32 Å². The van der Waals surface area contributed by atoms with E-state index in [0.717, 1.165) is 17.7 Å². The summed E-state index contributed by atoms with van der Waals surface area (Å²) in [5, 5.41) is 11.1. The number of rotatable bonds is 6. The predicted octanol–water partition coefficient (Wildman–Crippen LogP) is 4.83. The van der Waals surface area contributed by atoms with Crippen LogP contribution in [-0.4, -0.2) is 31.2 Å². The summed E-state index contributed by atoms with van der Waals surface area (Å²) in [4.78, 5) is 25.7. The topological polar surface area (TPSA) is 68.4 Å². The van der Waals surface area contributed by atoms with Crippen LogP contribution in [0.2, 0.25) is 0 Å². The number of aromatic nitrogens is 1. The summed E-state index contributed by atoms with van der Waals surface area (Å²) in [5.74, 6) is -0.118. The molecule has 8 heteroatoms. The van der Waals surface area contributed by atoms with Crippen LogP contribution >= 0.6 is 24.0 Å². The average Bonchev–Trinajstić information content (AvgIpc) is 3.32. The third kappa shape index (κ3) is 4.19. The van der Waals surface area contributed by atoms with Crippen molar-refractivity contribution in [2.24, 2.45) is 0 Å². The minimum absolute atomic E-state index is 0.0133. The molecule has 2 heterocycles. The van der Waals surface area contributed by atoms with Gasteiger partial charge in [0, 0.05) is 30.6 Å². The lowest BCUT2D eigenvalue weighted by atomic mass is 10.1. The summed E-state index contributed by atoms with van der Waals surface area (Å²) in [6, 6.07) is 20.0. The third-order valence-corrected chi connectivity index (χ3v) is 6.10. The van der Waals surface area contributed by atoms with E-state index < -0.39 is 4.92 Å². The van der Waals surface area contributed by atoms with E-state index in [1.807, 2.05) is 47.0 Å². The first-order chi connectivity index (χ1) is 14.5. The van der Waals surface area contributed by atoms with Crippen LogP contribution in [-0.2, 0) is 11.2 Å². The Morgan fingerprint density at radius 1 is 1.07 bits per heavy atom. The van der Waals surface area contributed by atoms with Crippen LogP contribution in [0.3, 0.4) is 0 Å². The first kappa shape index (κ1) is 20.1. The lowest BCUT2D eigenvalue weighted by molar-refractivity contribution is -0.384. The van der Waals surface area contributed by atoms with Crippen molar-refractivity contribution >= 4 is 46.0 Å². The zero-order chi connectivity index (χ0) is 21.1. The van der Waals surface area contributed by atoms with Gasteiger partial charge in [0.15, 0.2) is 0 Å². The molecule has 0 spiro atoms. The maximum atomic E-state index is 12.9. The van der Waals surface area contributed by atoms with Gasteiger partial charge in [-0.15, -0.1) is 0 Å². The number of hydrogen-bond acceptors (Lipinski definition) is 5. The molecule has 1 aromatic heterocycles. The van der Waals surface area contributed by atoms with Crippen molar-refractivity contribution in [2.45, 2.75) is 6.42 Å². The molecule has 1 aliphatic rings. The Hall–Kier alpha value is -3.23. The number of nitro benzene ring substituents is 1.